The van der Waals surface area contributed by atoms with Gasteiger partial charge in [-0.25, -0.2) is 28.0 Å². The first-order valence-electron chi connectivity index (χ1n) is 19.2. The van der Waals surface area contributed by atoms with E-state index in [1.807, 2.05) is 36.0 Å². The maximum Gasteiger partial charge on any atom is 0.490 e. The lowest BCUT2D eigenvalue weighted by Crippen LogP contribution is -2.21. The van der Waals surface area contributed by atoms with Crippen LogP contribution in [0.5, 0.6) is 0 Å². The third kappa shape index (κ3) is 13.0. The Kier molecular flexibility index (Phi) is 15.9. The van der Waals surface area contributed by atoms with Crippen LogP contribution in [0.4, 0.5) is 43.9 Å². The number of rotatable bonds is 14. The Hall–Kier alpha value is -7.52. The normalized spacial score (nSPS) is 11.6. The molecule has 6 aromatic rings. The number of carboxylic acids is 2. The summed E-state index contributed by atoms with van der Waals surface area (Å²) < 4.78 is 97.2. The lowest BCUT2D eigenvalue weighted by atomic mass is 10.2. The summed E-state index contributed by atoms with van der Waals surface area (Å²) >= 11 is 0. The molecule has 0 aliphatic heterocycles. The van der Waals surface area contributed by atoms with E-state index in [2.05, 4.69) is 35.5 Å². The fourth-order valence-corrected chi connectivity index (χ4v) is 6.73. The highest BCUT2D eigenvalue weighted by atomic mass is 32.2. The van der Waals surface area contributed by atoms with E-state index >= 15 is 0 Å². The Bertz CT molecular complexity index is 2880. The molecule has 4 heterocycles. The molecule has 4 aromatic heterocycles. The zero-order valence-corrected chi connectivity index (χ0v) is 36.3. The summed E-state index contributed by atoms with van der Waals surface area (Å²) in [5.41, 5.74) is 10.4. The van der Waals surface area contributed by atoms with Gasteiger partial charge >= 0.3 is 24.3 Å². The Morgan fingerprint density at radius 3 is 1.59 bits per heavy atom. The smallest absolute Gasteiger partial charge is 0.475 e. The van der Waals surface area contributed by atoms with E-state index in [0.29, 0.717) is 89.8 Å². The van der Waals surface area contributed by atoms with E-state index in [1.165, 1.54) is 0 Å². The number of imidazole rings is 2. The van der Waals surface area contributed by atoms with Gasteiger partial charge in [-0.1, -0.05) is 6.07 Å². The number of anilines is 3. The second-order valence-electron chi connectivity index (χ2n) is 14.0. The molecule has 0 aliphatic rings. The average molecular weight is 957 g/mol. The predicted molar refractivity (Wildman–Crippen MR) is 224 cm³/mol. The third-order valence-corrected chi connectivity index (χ3v) is 9.52. The molecule has 0 bridgehead atoms. The number of unbranched alkanes of at least 4 members (excludes halogenated alkanes) is 1. The van der Waals surface area contributed by atoms with Crippen molar-refractivity contribution in [3.8, 4) is 0 Å². The lowest BCUT2D eigenvalue weighted by molar-refractivity contribution is -0.193. The summed E-state index contributed by atoms with van der Waals surface area (Å²) in [7, 11) is -3.62. The molecule has 0 radical (unpaired) electrons. The Morgan fingerprint density at radius 2 is 1.17 bits per heavy atom. The van der Waals surface area contributed by atoms with E-state index in [1.54, 1.807) is 58.8 Å². The highest BCUT2D eigenvalue weighted by Crippen LogP contribution is 2.29. The Morgan fingerprint density at radius 1 is 0.712 bits per heavy atom. The van der Waals surface area contributed by atoms with Crippen LogP contribution in [-0.4, -0.2) is 106 Å². The van der Waals surface area contributed by atoms with Crippen molar-refractivity contribution in [3.63, 3.8) is 0 Å². The van der Waals surface area contributed by atoms with Crippen LogP contribution in [0.3, 0.4) is 0 Å². The third-order valence-electron chi connectivity index (χ3n) is 8.92. The number of sulfonamides is 1. The van der Waals surface area contributed by atoms with E-state index in [-0.39, 0.29) is 23.1 Å². The number of para-hydroxylation sites is 1. The monoisotopic (exact) mass is 956 g/mol. The zero-order chi connectivity index (χ0) is 49.5. The second-order valence-corrected chi connectivity index (χ2v) is 15.7. The summed E-state index contributed by atoms with van der Waals surface area (Å²) in [6, 6.07) is 13.5. The number of carbonyl (C=O) groups excluding carboxylic acids is 3. The highest BCUT2D eigenvalue weighted by molar-refractivity contribution is 7.92. The van der Waals surface area contributed by atoms with Gasteiger partial charge in [-0.05, 0) is 83.0 Å². The number of aliphatic carboxylic acids is 2. The molecule has 356 valence electrons. The molecule has 0 spiro atoms. The number of alkyl halides is 6. The molecular formula is C38H42F6N12O9S. The van der Waals surface area contributed by atoms with Gasteiger partial charge in [0, 0.05) is 31.7 Å². The molecule has 0 atom stereocenters. The maximum atomic E-state index is 13.5. The number of carbonyl (C=O) groups is 5. The predicted octanol–water partition coefficient (Wildman–Crippen LogP) is 5.16. The number of nitrogens with zero attached hydrogens (tertiary/aromatic N) is 8. The van der Waals surface area contributed by atoms with Gasteiger partial charge < -0.3 is 25.1 Å². The molecule has 3 amide bonds. The van der Waals surface area contributed by atoms with Crippen LogP contribution >= 0.6 is 0 Å². The fraction of sp³-hybridized carbons (Fsp3) is 0.342. The van der Waals surface area contributed by atoms with E-state index in [0.717, 1.165) is 6.26 Å². The van der Waals surface area contributed by atoms with Crippen LogP contribution in [0.2, 0.25) is 0 Å². The summed E-state index contributed by atoms with van der Waals surface area (Å²) in [4.78, 5) is 65.9. The fourth-order valence-electron chi connectivity index (χ4n) is 6.17. The molecule has 0 saturated carbocycles. The quantitative estimate of drug-likeness (QED) is 0.0609. The van der Waals surface area contributed by atoms with Crippen LogP contribution in [0.25, 0.3) is 22.1 Å². The largest absolute Gasteiger partial charge is 0.490 e. The molecule has 2 aromatic carbocycles. The molecule has 0 unspecified atom stereocenters. The first-order valence-corrected chi connectivity index (χ1v) is 21.1. The van der Waals surface area contributed by atoms with Crippen molar-refractivity contribution in [2.75, 3.05) is 21.6 Å². The number of benzene rings is 2. The van der Waals surface area contributed by atoms with Crippen LogP contribution < -0.4 is 21.1 Å². The van der Waals surface area contributed by atoms with Gasteiger partial charge in [-0.15, -0.1) is 0 Å². The minimum absolute atomic E-state index is 0.243. The topological polar surface area (TPSA) is 293 Å². The van der Waals surface area contributed by atoms with Crippen molar-refractivity contribution in [3.05, 3.63) is 76.9 Å². The van der Waals surface area contributed by atoms with Crippen molar-refractivity contribution in [1.82, 2.24) is 38.7 Å². The van der Waals surface area contributed by atoms with Gasteiger partial charge in [-0.3, -0.25) is 39.1 Å². The number of hydrogen-bond acceptors (Lipinski definition) is 11. The molecule has 7 N–H and O–H groups in total. The first kappa shape index (κ1) is 51.1. The van der Waals surface area contributed by atoms with Gasteiger partial charge in [0.15, 0.2) is 0 Å². The summed E-state index contributed by atoms with van der Waals surface area (Å²) in [5.74, 6) is -6.35. The summed E-state index contributed by atoms with van der Waals surface area (Å²) in [6.07, 6.45) is -7.93. The minimum atomic E-state index is -5.08. The van der Waals surface area contributed by atoms with Gasteiger partial charge in [0.2, 0.25) is 27.8 Å². The minimum Gasteiger partial charge on any atom is -0.475 e. The van der Waals surface area contributed by atoms with Crippen LogP contribution in [0, 0.1) is 13.8 Å². The standard InChI is InChI=1S/C34H40N12O5S.2C2HF3O2/c1-6-45-27(17-20(3)40-45)31(48)38-33-36-24-19-22(30(35)47)13-14-25(24)43(33)15-8-9-16-44-26-12-10-11-23(42-52(5,50)51)29(26)37-34(44)39-32(49)28-18-21(4)41-46(28)7-2;2*3-2(4,5)1(6)7/h10-14,17-19,42H,6-9,15-16H2,1-5H3,(H2,35,47)(H,36,38,48)(H,37,39,49);2*(H,6,7). The zero-order valence-electron chi connectivity index (χ0n) is 35.4. The van der Waals surface area contributed by atoms with Gasteiger partial charge in [0.1, 0.15) is 16.9 Å². The Balaban J connectivity index is 0.000000590. The summed E-state index contributed by atoms with van der Waals surface area (Å²) in [6.45, 7) is 9.23. The van der Waals surface area contributed by atoms with E-state index in [4.69, 9.17) is 25.5 Å². The molecule has 6 rings (SSSR count). The molecule has 66 heavy (non-hydrogen) atoms. The van der Waals surface area contributed by atoms with Crippen molar-refractivity contribution in [2.24, 2.45) is 5.73 Å². The van der Waals surface area contributed by atoms with Crippen molar-refractivity contribution < 1.29 is 68.9 Å². The van der Waals surface area contributed by atoms with Crippen LogP contribution in [0.1, 0.15) is 69.4 Å². The van der Waals surface area contributed by atoms with Crippen molar-refractivity contribution in [2.45, 2.75) is 79.1 Å². The van der Waals surface area contributed by atoms with Gasteiger partial charge in [-0.2, -0.15) is 36.5 Å². The average Bonchev–Trinajstić information content (AvgIpc) is 3.98. The first-order chi connectivity index (χ1) is 30.6. The molecule has 28 heteroatoms. The number of amides is 3. The SMILES string of the molecule is CCn1nc(C)cc1C(=O)Nc1nc2cc(C(N)=O)ccc2n1CCCCn1c(NC(=O)c2cc(C)nn2CC)nc2c(NS(C)(=O)=O)cccc21.O=C(O)C(F)(F)F.O=C(O)C(F)(F)F. The molecular weight excluding hydrogens is 915 g/mol. The number of fused-ring (bicyclic) bond motifs is 2. The number of nitrogens with two attached hydrogens (primary N) is 1. The molecule has 0 saturated heterocycles. The second kappa shape index (κ2) is 20.5. The molecule has 21 nitrogen and oxygen atoms in total. The van der Waals surface area contributed by atoms with E-state index < -0.39 is 46.1 Å². The number of aryl methyl sites for hydroxylation is 6. The van der Waals surface area contributed by atoms with Crippen LogP contribution in [0.15, 0.2) is 48.5 Å². The number of aromatic nitrogens is 8. The number of primary amides is 1. The summed E-state index contributed by atoms with van der Waals surface area (Å²) in [5, 5.41) is 28.8. The molecule has 0 fully saturated rings. The van der Waals surface area contributed by atoms with Crippen molar-refractivity contribution in [1.29, 1.82) is 0 Å². The number of nitrogens with one attached hydrogen (secondary N) is 3. The maximum absolute atomic E-state index is 13.5. The number of carboxylic acid groups (broad SMARTS) is 2. The lowest BCUT2D eigenvalue weighted by Gasteiger charge is -2.13. The van der Waals surface area contributed by atoms with Gasteiger partial charge in [0.05, 0.1) is 39.9 Å². The number of hydrogen-bond donors (Lipinski definition) is 6. The molecule has 0 aliphatic carbocycles. The van der Waals surface area contributed by atoms with Crippen molar-refractivity contribution >= 4 is 79.3 Å². The highest BCUT2D eigenvalue weighted by Gasteiger charge is 2.39. The van der Waals surface area contributed by atoms with Crippen LogP contribution in [-0.2, 0) is 45.8 Å². The van der Waals surface area contributed by atoms with E-state index in [9.17, 15) is 49.1 Å². The van der Waals surface area contributed by atoms with Gasteiger partial charge in [0.25, 0.3) is 11.8 Å². The number of halogens is 6. The Labute approximate surface area is 369 Å².